The van der Waals surface area contributed by atoms with E-state index in [1.54, 1.807) is 50.3 Å². The SMILES string of the molecule is COc1cc(OC)cc(C(=O)NCC2CCCN(C(=O)c3cc(C)on3)C2)c1. The minimum atomic E-state index is -0.201. The van der Waals surface area contributed by atoms with Crippen molar-refractivity contribution in [3.63, 3.8) is 0 Å². The van der Waals surface area contributed by atoms with Gasteiger partial charge < -0.3 is 24.2 Å². The Morgan fingerprint density at radius 2 is 1.93 bits per heavy atom. The summed E-state index contributed by atoms with van der Waals surface area (Å²) in [7, 11) is 3.08. The standard InChI is InChI=1S/C20H25N3O5/c1-13-7-18(22-28-13)20(25)23-6-4-5-14(12-23)11-21-19(24)15-8-16(26-2)10-17(9-15)27-3/h7-10,14H,4-6,11-12H2,1-3H3,(H,21,24). The second-order valence-electron chi connectivity index (χ2n) is 6.89. The van der Waals surface area contributed by atoms with Crippen molar-refractivity contribution in [3.05, 3.63) is 41.3 Å². The van der Waals surface area contributed by atoms with Gasteiger partial charge in [-0.1, -0.05) is 5.16 Å². The van der Waals surface area contributed by atoms with Gasteiger partial charge in [-0.2, -0.15) is 0 Å². The van der Waals surface area contributed by atoms with Crippen molar-refractivity contribution in [1.29, 1.82) is 0 Å². The first-order valence-corrected chi connectivity index (χ1v) is 9.24. The molecule has 2 aromatic rings. The molecule has 0 spiro atoms. The maximum atomic E-state index is 12.5. The van der Waals surface area contributed by atoms with E-state index in [4.69, 9.17) is 14.0 Å². The van der Waals surface area contributed by atoms with Gasteiger partial charge in [0.25, 0.3) is 11.8 Å². The molecule has 2 amide bonds. The molecule has 0 saturated carbocycles. The number of benzene rings is 1. The molecule has 1 atom stereocenters. The molecule has 1 aliphatic rings. The van der Waals surface area contributed by atoms with E-state index in [9.17, 15) is 9.59 Å². The van der Waals surface area contributed by atoms with Gasteiger partial charge in [0.2, 0.25) is 0 Å². The van der Waals surface area contributed by atoms with Crippen LogP contribution >= 0.6 is 0 Å². The molecular weight excluding hydrogens is 362 g/mol. The fraction of sp³-hybridized carbons (Fsp3) is 0.450. The largest absolute Gasteiger partial charge is 0.497 e. The maximum Gasteiger partial charge on any atom is 0.276 e. The minimum absolute atomic E-state index is 0.134. The van der Waals surface area contributed by atoms with Crippen molar-refractivity contribution in [2.45, 2.75) is 19.8 Å². The normalized spacial score (nSPS) is 16.5. The summed E-state index contributed by atoms with van der Waals surface area (Å²) in [5.41, 5.74) is 0.795. The number of carbonyl (C=O) groups is 2. The number of rotatable bonds is 6. The Morgan fingerprint density at radius 1 is 1.21 bits per heavy atom. The molecule has 1 fully saturated rings. The second kappa shape index (κ2) is 8.77. The van der Waals surface area contributed by atoms with Crippen molar-refractivity contribution in [1.82, 2.24) is 15.4 Å². The first-order valence-electron chi connectivity index (χ1n) is 9.24. The number of carbonyl (C=O) groups excluding carboxylic acids is 2. The van der Waals surface area contributed by atoms with Gasteiger partial charge in [0, 0.05) is 37.3 Å². The first kappa shape index (κ1) is 19.7. The zero-order valence-electron chi connectivity index (χ0n) is 16.4. The van der Waals surface area contributed by atoms with E-state index in [0.29, 0.717) is 48.2 Å². The minimum Gasteiger partial charge on any atom is -0.497 e. The Balaban J connectivity index is 1.58. The van der Waals surface area contributed by atoms with Crippen LogP contribution in [0.4, 0.5) is 0 Å². The summed E-state index contributed by atoms with van der Waals surface area (Å²) < 4.78 is 15.4. The predicted molar refractivity (Wildman–Crippen MR) is 102 cm³/mol. The molecule has 1 aromatic heterocycles. The zero-order chi connectivity index (χ0) is 20.1. The van der Waals surface area contributed by atoms with Crippen LogP contribution in [0, 0.1) is 12.8 Å². The average Bonchev–Trinajstić information content (AvgIpc) is 3.17. The third-order valence-electron chi connectivity index (χ3n) is 4.82. The molecule has 1 aromatic carbocycles. The van der Waals surface area contributed by atoms with E-state index in [0.717, 1.165) is 12.8 Å². The first-order chi connectivity index (χ1) is 13.5. The molecule has 1 saturated heterocycles. The second-order valence-corrected chi connectivity index (χ2v) is 6.89. The lowest BCUT2D eigenvalue weighted by Gasteiger charge is -2.32. The lowest BCUT2D eigenvalue weighted by atomic mass is 9.97. The van der Waals surface area contributed by atoms with Crippen molar-refractivity contribution in [2.75, 3.05) is 33.9 Å². The predicted octanol–water partition coefficient (Wildman–Crippen LogP) is 2.28. The van der Waals surface area contributed by atoms with Gasteiger partial charge in [0.1, 0.15) is 17.3 Å². The maximum absolute atomic E-state index is 12.5. The smallest absolute Gasteiger partial charge is 0.276 e. The Labute approximate surface area is 163 Å². The topological polar surface area (TPSA) is 93.9 Å². The molecule has 3 rings (SSSR count). The summed E-state index contributed by atoms with van der Waals surface area (Å²) >= 11 is 0. The molecule has 28 heavy (non-hydrogen) atoms. The number of ether oxygens (including phenoxy) is 2. The molecule has 0 radical (unpaired) electrons. The highest BCUT2D eigenvalue weighted by atomic mass is 16.5. The van der Waals surface area contributed by atoms with E-state index in [-0.39, 0.29) is 17.7 Å². The number of nitrogens with zero attached hydrogens (tertiary/aromatic N) is 2. The van der Waals surface area contributed by atoms with E-state index >= 15 is 0 Å². The number of aromatic nitrogens is 1. The van der Waals surface area contributed by atoms with Crippen LogP contribution in [-0.4, -0.2) is 55.7 Å². The molecule has 0 bridgehead atoms. The Hall–Kier alpha value is -3.03. The summed E-state index contributed by atoms with van der Waals surface area (Å²) in [6.07, 6.45) is 1.83. The number of nitrogens with one attached hydrogen (secondary N) is 1. The van der Waals surface area contributed by atoms with Gasteiger partial charge in [-0.15, -0.1) is 0 Å². The number of aryl methyl sites for hydroxylation is 1. The highest BCUT2D eigenvalue weighted by molar-refractivity contribution is 5.95. The van der Waals surface area contributed by atoms with Gasteiger partial charge >= 0.3 is 0 Å². The molecule has 1 unspecified atom stereocenters. The van der Waals surface area contributed by atoms with Crippen molar-refractivity contribution in [3.8, 4) is 11.5 Å². The van der Waals surface area contributed by atoms with Gasteiger partial charge in [0.05, 0.1) is 14.2 Å². The number of piperidine rings is 1. The van der Waals surface area contributed by atoms with Crippen LogP contribution in [0.3, 0.4) is 0 Å². The summed E-state index contributed by atoms with van der Waals surface area (Å²) in [6, 6.07) is 6.69. The fourth-order valence-corrected chi connectivity index (χ4v) is 3.32. The van der Waals surface area contributed by atoms with E-state index in [1.165, 1.54) is 0 Å². The van der Waals surface area contributed by atoms with Crippen LogP contribution in [0.2, 0.25) is 0 Å². The van der Waals surface area contributed by atoms with Crippen LogP contribution < -0.4 is 14.8 Å². The van der Waals surface area contributed by atoms with Crippen LogP contribution in [0.5, 0.6) is 11.5 Å². The molecule has 8 heteroatoms. The van der Waals surface area contributed by atoms with Crippen LogP contribution in [-0.2, 0) is 0 Å². The highest BCUT2D eigenvalue weighted by Gasteiger charge is 2.26. The van der Waals surface area contributed by atoms with Crippen molar-refractivity contribution < 1.29 is 23.6 Å². The summed E-state index contributed by atoms with van der Waals surface area (Å²) in [5.74, 6) is 1.57. The number of likely N-dealkylation sites (tertiary alicyclic amines) is 1. The Bertz CT molecular complexity index is 826. The highest BCUT2D eigenvalue weighted by Crippen LogP contribution is 2.23. The summed E-state index contributed by atoms with van der Waals surface area (Å²) in [6.45, 7) is 3.50. The summed E-state index contributed by atoms with van der Waals surface area (Å²) in [5, 5.41) is 6.76. The third kappa shape index (κ3) is 4.62. The molecule has 150 valence electrons. The van der Waals surface area contributed by atoms with Crippen LogP contribution in [0.25, 0.3) is 0 Å². The lowest BCUT2D eigenvalue weighted by Crippen LogP contribution is -2.43. The monoisotopic (exact) mass is 387 g/mol. The molecule has 1 aliphatic heterocycles. The number of methoxy groups -OCH3 is 2. The average molecular weight is 387 g/mol. The van der Waals surface area contributed by atoms with Gasteiger partial charge in [-0.05, 0) is 37.8 Å². The quantitative estimate of drug-likeness (QED) is 0.817. The number of amides is 2. The Kier molecular flexibility index (Phi) is 6.18. The molecule has 0 aliphatic carbocycles. The molecule has 1 N–H and O–H groups in total. The van der Waals surface area contributed by atoms with Crippen molar-refractivity contribution in [2.24, 2.45) is 5.92 Å². The van der Waals surface area contributed by atoms with E-state index in [1.807, 2.05) is 0 Å². The molecular formula is C20H25N3O5. The van der Waals surface area contributed by atoms with Gasteiger partial charge in [0.15, 0.2) is 5.69 Å². The van der Waals surface area contributed by atoms with E-state index < -0.39 is 0 Å². The molecule has 2 heterocycles. The fourth-order valence-electron chi connectivity index (χ4n) is 3.32. The van der Waals surface area contributed by atoms with Crippen LogP contribution in [0.15, 0.2) is 28.8 Å². The molecule has 8 nitrogen and oxygen atoms in total. The van der Waals surface area contributed by atoms with Gasteiger partial charge in [-0.3, -0.25) is 9.59 Å². The van der Waals surface area contributed by atoms with Crippen molar-refractivity contribution >= 4 is 11.8 Å². The third-order valence-corrected chi connectivity index (χ3v) is 4.82. The van der Waals surface area contributed by atoms with Crippen LogP contribution in [0.1, 0.15) is 39.4 Å². The number of hydrogen-bond donors (Lipinski definition) is 1. The van der Waals surface area contributed by atoms with Gasteiger partial charge in [-0.25, -0.2) is 0 Å². The lowest BCUT2D eigenvalue weighted by molar-refractivity contribution is 0.0660. The summed E-state index contributed by atoms with van der Waals surface area (Å²) in [4.78, 5) is 26.9. The Morgan fingerprint density at radius 3 is 2.54 bits per heavy atom. The number of hydrogen-bond acceptors (Lipinski definition) is 6. The van der Waals surface area contributed by atoms with E-state index in [2.05, 4.69) is 10.5 Å². The zero-order valence-corrected chi connectivity index (χ0v) is 16.4.